The number of rotatable bonds is 8. The number of anilines is 1. The van der Waals surface area contributed by atoms with E-state index in [1.165, 1.54) is 18.9 Å². The summed E-state index contributed by atoms with van der Waals surface area (Å²) in [5.74, 6) is 0.210. The van der Waals surface area contributed by atoms with Gasteiger partial charge in [-0.3, -0.25) is 14.4 Å². The molecule has 0 bridgehead atoms. The van der Waals surface area contributed by atoms with Gasteiger partial charge in [-0.2, -0.15) is 0 Å². The van der Waals surface area contributed by atoms with Gasteiger partial charge in [0.05, 0.1) is 12.7 Å². The average molecular weight is 481 g/mol. The Hall–Kier alpha value is -3.79. The summed E-state index contributed by atoms with van der Waals surface area (Å²) in [4.78, 5) is 43.9. The third kappa shape index (κ3) is 5.23. The highest BCUT2D eigenvalue weighted by molar-refractivity contribution is 7.98. The van der Waals surface area contributed by atoms with E-state index in [4.69, 9.17) is 15.2 Å². The number of primary amides is 1. The van der Waals surface area contributed by atoms with Crippen LogP contribution in [0.1, 0.15) is 34.6 Å². The minimum Gasteiger partial charge on any atom is -0.493 e. The fraction of sp³-hybridized carbons (Fsp3) is 0.250. The van der Waals surface area contributed by atoms with Crippen LogP contribution in [0.25, 0.3) is 0 Å². The molecule has 10 heteroatoms. The zero-order chi connectivity index (χ0) is 24.2. The Morgan fingerprint density at radius 1 is 1.21 bits per heavy atom. The molecule has 4 rings (SSSR count). The second kappa shape index (κ2) is 10.0. The fourth-order valence-corrected chi connectivity index (χ4v) is 4.63. The third-order valence-electron chi connectivity index (χ3n) is 5.35. The highest BCUT2D eigenvalue weighted by atomic mass is 32.2. The SMILES string of the molecule is COc1cc(C2CC(=O)Nc3nc(SCc4cccc(C)c4)[nH]c(=O)c32)ccc1OCC(N)=O. The molecule has 0 saturated carbocycles. The lowest BCUT2D eigenvalue weighted by Gasteiger charge is -2.25. The molecule has 1 aliphatic rings. The number of amides is 2. The summed E-state index contributed by atoms with van der Waals surface area (Å²) < 4.78 is 10.7. The van der Waals surface area contributed by atoms with Gasteiger partial charge in [-0.1, -0.05) is 47.7 Å². The van der Waals surface area contributed by atoms with Gasteiger partial charge in [-0.15, -0.1) is 0 Å². The number of thioether (sulfide) groups is 1. The molecule has 0 spiro atoms. The molecule has 4 N–H and O–H groups in total. The molecular formula is C24H24N4O5S. The highest BCUT2D eigenvalue weighted by Crippen LogP contribution is 2.38. The van der Waals surface area contributed by atoms with Crippen molar-refractivity contribution in [2.45, 2.75) is 30.2 Å². The number of hydrogen-bond donors (Lipinski definition) is 3. The molecule has 0 radical (unpaired) electrons. The number of ether oxygens (including phenoxy) is 2. The van der Waals surface area contributed by atoms with E-state index in [0.29, 0.717) is 33.5 Å². The smallest absolute Gasteiger partial charge is 0.257 e. The van der Waals surface area contributed by atoms with Crippen molar-refractivity contribution in [1.29, 1.82) is 0 Å². The summed E-state index contributed by atoms with van der Waals surface area (Å²) in [6, 6.07) is 13.1. The molecule has 2 amide bonds. The molecule has 2 aromatic carbocycles. The first-order valence-electron chi connectivity index (χ1n) is 10.6. The second-order valence-corrected chi connectivity index (χ2v) is 8.85. The van der Waals surface area contributed by atoms with Gasteiger partial charge in [-0.25, -0.2) is 4.98 Å². The minimum atomic E-state index is -0.613. The molecule has 0 aliphatic carbocycles. The standard InChI is InChI=1S/C24H24N4O5S/c1-13-4-3-5-14(8-13)12-34-24-27-22-21(23(31)28-24)16(10-20(30)26-22)15-6-7-17(18(9-15)32-2)33-11-19(25)29/h3-9,16H,10-12H2,1-2H3,(H2,25,29)(H2,26,27,28,30,31). The van der Waals surface area contributed by atoms with Crippen molar-refractivity contribution < 1.29 is 19.1 Å². The summed E-state index contributed by atoms with van der Waals surface area (Å²) in [6.45, 7) is 1.73. The average Bonchev–Trinajstić information content (AvgIpc) is 2.80. The van der Waals surface area contributed by atoms with Crippen molar-refractivity contribution in [3.8, 4) is 11.5 Å². The van der Waals surface area contributed by atoms with E-state index in [-0.39, 0.29) is 30.3 Å². The topological polar surface area (TPSA) is 136 Å². The number of fused-ring (bicyclic) bond motifs is 1. The van der Waals surface area contributed by atoms with Crippen molar-refractivity contribution in [1.82, 2.24) is 9.97 Å². The summed E-state index contributed by atoms with van der Waals surface area (Å²) in [5.41, 5.74) is 8.16. The van der Waals surface area contributed by atoms with E-state index >= 15 is 0 Å². The number of H-pyrrole nitrogens is 1. The van der Waals surface area contributed by atoms with Crippen molar-refractivity contribution in [2.24, 2.45) is 5.73 Å². The third-order valence-corrected chi connectivity index (χ3v) is 6.29. The molecular weight excluding hydrogens is 456 g/mol. The molecule has 2 heterocycles. The fourth-order valence-electron chi connectivity index (χ4n) is 3.83. The van der Waals surface area contributed by atoms with Crippen molar-refractivity contribution in [3.05, 3.63) is 75.1 Å². The number of nitrogens with zero attached hydrogens (tertiary/aromatic N) is 1. The lowest BCUT2D eigenvalue weighted by molar-refractivity contribution is -0.120. The predicted octanol–water partition coefficient (Wildman–Crippen LogP) is 2.72. The molecule has 1 aromatic heterocycles. The molecule has 176 valence electrons. The number of nitrogens with two attached hydrogens (primary N) is 1. The van der Waals surface area contributed by atoms with Crippen molar-refractivity contribution >= 4 is 29.4 Å². The van der Waals surface area contributed by atoms with Crippen LogP contribution in [0.5, 0.6) is 11.5 Å². The summed E-state index contributed by atoms with van der Waals surface area (Å²) in [7, 11) is 1.46. The first kappa shape index (κ1) is 23.4. The Balaban J connectivity index is 1.63. The molecule has 1 aliphatic heterocycles. The lowest BCUT2D eigenvalue weighted by Crippen LogP contribution is -2.31. The normalized spacial score (nSPS) is 14.8. The van der Waals surface area contributed by atoms with Gasteiger partial charge in [-0.05, 0) is 30.2 Å². The number of carbonyl (C=O) groups excluding carboxylic acids is 2. The van der Waals surface area contributed by atoms with Gasteiger partial charge in [0.1, 0.15) is 5.82 Å². The Bertz CT molecular complexity index is 1310. The first-order valence-corrected chi connectivity index (χ1v) is 11.5. The van der Waals surface area contributed by atoms with E-state index in [9.17, 15) is 14.4 Å². The van der Waals surface area contributed by atoms with Gasteiger partial charge < -0.3 is 25.5 Å². The quantitative estimate of drug-likeness (QED) is 0.333. The van der Waals surface area contributed by atoms with Gasteiger partial charge in [0.2, 0.25) is 5.91 Å². The van der Waals surface area contributed by atoms with E-state index in [1.54, 1.807) is 18.2 Å². The number of nitrogens with one attached hydrogen (secondary N) is 2. The number of carbonyl (C=O) groups is 2. The predicted molar refractivity (Wildman–Crippen MR) is 128 cm³/mol. The molecule has 0 fully saturated rings. The van der Waals surface area contributed by atoms with Crippen LogP contribution in [0.4, 0.5) is 5.82 Å². The van der Waals surface area contributed by atoms with Crippen LogP contribution < -0.4 is 26.1 Å². The second-order valence-electron chi connectivity index (χ2n) is 7.88. The number of aromatic amines is 1. The zero-order valence-corrected chi connectivity index (χ0v) is 19.5. The van der Waals surface area contributed by atoms with Crippen LogP contribution in [0.15, 0.2) is 52.4 Å². The largest absolute Gasteiger partial charge is 0.493 e. The maximum atomic E-state index is 13.1. The van der Waals surface area contributed by atoms with E-state index in [2.05, 4.69) is 21.4 Å². The van der Waals surface area contributed by atoms with E-state index in [1.807, 2.05) is 25.1 Å². The van der Waals surface area contributed by atoms with Gasteiger partial charge in [0, 0.05) is 18.1 Å². The van der Waals surface area contributed by atoms with E-state index in [0.717, 1.165) is 11.1 Å². The number of aryl methyl sites for hydroxylation is 1. The number of hydrogen-bond acceptors (Lipinski definition) is 7. The first-order chi connectivity index (χ1) is 16.3. The maximum Gasteiger partial charge on any atom is 0.257 e. The van der Waals surface area contributed by atoms with Crippen molar-refractivity contribution in [3.63, 3.8) is 0 Å². The van der Waals surface area contributed by atoms with Crippen LogP contribution in [0.3, 0.4) is 0 Å². The number of benzene rings is 2. The zero-order valence-electron chi connectivity index (χ0n) is 18.7. The molecule has 3 aromatic rings. The van der Waals surface area contributed by atoms with Crippen LogP contribution >= 0.6 is 11.8 Å². The van der Waals surface area contributed by atoms with Gasteiger partial charge in [0.25, 0.3) is 11.5 Å². The highest BCUT2D eigenvalue weighted by Gasteiger charge is 2.31. The lowest BCUT2D eigenvalue weighted by atomic mass is 9.86. The monoisotopic (exact) mass is 480 g/mol. The van der Waals surface area contributed by atoms with Crippen LogP contribution in [-0.2, 0) is 15.3 Å². The Kier molecular flexibility index (Phi) is 6.87. The molecule has 1 unspecified atom stereocenters. The van der Waals surface area contributed by atoms with Gasteiger partial charge in [0.15, 0.2) is 23.3 Å². The van der Waals surface area contributed by atoms with E-state index < -0.39 is 11.8 Å². The summed E-state index contributed by atoms with van der Waals surface area (Å²) >= 11 is 1.39. The number of methoxy groups -OCH3 is 1. The molecule has 34 heavy (non-hydrogen) atoms. The van der Waals surface area contributed by atoms with Gasteiger partial charge >= 0.3 is 0 Å². The minimum absolute atomic E-state index is 0.0815. The Labute approximate surface area is 200 Å². The molecule has 1 atom stereocenters. The van der Waals surface area contributed by atoms with Crippen LogP contribution in [0, 0.1) is 6.92 Å². The van der Waals surface area contributed by atoms with Crippen LogP contribution in [0.2, 0.25) is 0 Å². The molecule has 0 saturated heterocycles. The van der Waals surface area contributed by atoms with Crippen molar-refractivity contribution in [2.75, 3.05) is 19.0 Å². The molecule has 9 nitrogen and oxygen atoms in total. The summed E-state index contributed by atoms with van der Waals surface area (Å²) in [5, 5.41) is 3.16. The Morgan fingerprint density at radius 2 is 2.03 bits per heavy atom. The summed E-state index contributed by atoms with van der Waals surface area (Å²) in [6.07, 6.45) is 0.0815. The maximum absolute atomic E-state index is 13.1. The number of aromatic nitrogens is 2. The van der Waals surface area contributed by atoms with Crippen LogP contribution in [-0.4, -0.2) is 35.5 Å². The Morgan fingerprint density at radius 3 is 2.76 bits per heavy atom.